The molecule has 3 nitrogen and oxygen atoms in total. The van der Waals surface area contributed by atoms with Crippen LogP contribution in [-0.2, 0) is 10.9 Å². The number of benzene rings is 3. The Bertz CT molecular complexity index is 825. The van der Waals surface area contributed by atoms with Crippen LogP contribution in [-0.4, -0.2) is 5.75 Å². The lowest BCUT2D eigenvalue weighted by atomic mass is 10.1. The van der Waals surface area contributed by atoms with Gasteiger partial charge in [-0.25, -0.2) is 0 Å². The minimum Gasteiger partial charge on any atom is -0.411 e. The maximum absolute atomic E-state index is 6.52. The minimum atomic E-state index is -2.76. The van der Waals surface area contributed by atoms with Crippen LogP contribution in [0.5, 0.6) is 17.2 Å². The Balaban J connectivity index is 1.81. The van der Waals surface area contributed by atoms with Crippen molar-refractivity contribution < 1.29 is 13.6 Å². The number of hydrogen-bond acceptors (Lipinski definition) is 3. The molecule has 0 aliphatic rings. The van der Waals surface area contributed by atoms with E-state index in [-0.39, 0.29) is 0 Å². The van der Waals surface area contributed by atoms with Crippen LogP contribution in [0.15, 0.2) is 91.0 Å². The predicted molar refractivity (Wildman–Crippen MR) is 140 cm³/mol. The van der Waals surface area contributed by atoms with Crippen LogP contribution < -0.4 is 13.6 Å². The van der Waals surface area contributed by atoms with Gasteiger partial charge in [-0.2, -0.15) is 0 Å². The average Bonchev–Trinajstić information content (AvgIpc) is 2.83. The van der Waals surface area contributed by atoms with Crippen LogP contribution in [0.4, 0.5) is 0 Å². The second-order valence-corrected chi connectivity index (χ2v) is 12.2. The van der Waals surface area contributed by atoms with Gasteiger partial charge in [0.05, 0.1) is 0 Å². The second-order valence-electron chi connectivity index (χ2n) is 7.67. The molecule has 3 aromatic rings. The Hall–Kier alpha value is -2.16. The molecule has 0 fully saturated rings. The maximum atomic E-state index is 6.52. The molecule has 5 heteroatoms. The fourth-order valence-corrected chi connectivity index (χ4v) is 7.83. The van der Waals surface area contributed by atoms with E-state index >= 15 is 0 Å². The zero-order chi connectivity index (χ0) is 22.3. The molecule has 0 aliphatic heterocycles. The molecule has 32 heavy (non-hydrogen) atoms. The lowest BCUT2D eigenvalue weighted by molar-refractivity contribution is 0.383. The molecule has 0 aromatic heterocycles. The van der Waals surface area contributed by atoms with Crippen molar-refractivity contribution in [2.45, 2.75) is 51.9 Å². The molecule has 0 aliphatic carbocycles. The molecular formula is C27H35O3PS. The van der Waals surface area contributed by atoms with Crippen LogP contribution in [0.2, 0.25) is 0 Å². The Morgan fingerprint density at radius 1 is 0.531 bits per heavy atom. The van der Waals surface area contributed by atoms with E-state index in [4.69, 9.17) is 13.6 Å². The molecule has 0 N–H and O–H groups in total. The molecule has 0 heterocycles. The van der Waals surface area contributed by atoms with Crippen molar-refractivity contribution in [2.75, 3.05) is 5.75 Å². The van der Waals surface area contributed by atoms with Gasteiger partial charge >= 0.3 is 6.72 Å². The second kappa shape index (κ2) is 14.1. The van der Waals surface area contributed by atoms with E-state index in [0.717, 1.165) is 40.4 Å². The lowest BCUT2D eigenvalue weighted by Gasteiger charge is -2.26. The molecule has 3 aromatic carbocycles. The van der Waals surface area contributed by atoms with Crippen LogP contribution in [0.1, 0.15) is 51.9 Å². The molecular weight excluding hydrogens is 435 g/mol. The van der Waals surface area contributed by atoms with Gasteiger partial charge in [0.25, 0.3) is 0 Å². The maximum Gasteiger partial charge on any atom is 0.443 e. The Morgan fingerprint density at radius 2 is 0.906 bits per heavy atom. The molecule has 0 saturated carbocycles. The van der Waals surface area contributed by atoms with E-state index in [1.54, 1.807) is 0 Å². The van der Waals surface area contributed by atoms with Gasteiger partial charge < -0.3 is 13.6 Å². The largest absolute Gasteiger partial charge is 0.443 e. The number of unbranched alkanes of at least 4 members (excludes halogenated alkanes) is 6. The molecule has 0 radical (unpaired) electrons. The summed E-state index contributed by atoms with van der Waals surface area (Å²) in [4.78, 5) is 0. The average molecular weight is 471 g/mol. The molecule has 0 atom stereocenters. The summed E-state index contributed by atoms with van der Waals surface area (Å²) in [5.74, 6) is 3.27. The van der Waals surface area contributed by atoms with Gasteiger partial charge in [-0.1, -0.05) is 111 Å². The first-order valence-electron chi connectivity index (χ1n) is 11.6. The van der Waals surface area contributed by atoms with E-state index in [1.165, 1.54) is 38.5 Å². The van der Waals surface area contributed by atoms with Gasteiger partial charge in [-0.05, 0) is 48.6 Å². The van der Waals surface area contributed by atoms with Gasteiger partial charge in [0.1, 0.15) is 17.2 Å². The molecule has 0 amide bonds. The standard InChI is InChI=1S/C27H35O3PS/c1-2-3-4-5-6-7-17-24-32-31(28-25-18-11-8-12-19-25,29-26-20-13-9-14-21-26)30-27-22-15-10-16-23-27/h8-16,18-23,32H,2-7,17,24H2,1H3. The van der Waals surface area contributed by atoms with E-state index < -0.39 is 6.72 Å². The van der Waals surface area contributed by atoms with Crippen molar-refractivity contribution in [1.29, 1.82) is 0 Å². The minimum absolute atomic E-state index is 0.764. The quantitative estimate of drug-likeness (QED) is 0.145. The fourth-order valence-electron chi connectivity index (χ4n) is 3.25. The van der Waals surface area contributed by atoms with Crippen molar-refractivity contribution in [3.63, 3.8) is 0 Å². The Kier molecular flexibility index (Phi) is 10.8. The molecule has 3 rings (SSSR count). The van der Waals surface area contributed by atoms with E-state index in [2.05, 4.69) is 6.92 Å². The highest BCUT2D eigenvalue weighted by molar-refractivity contribution is 8.18. The SMILES string of the molecule is CCCCCCCCC[SH]=P(Oc1ccccc1)(Oc1ccccc1)Oc1ccccc1. The van der Waals surface area contributed by atoms with Crippen molar-refractivity contribution in [2.24, 2.45) is 0 Å². The summed E-state index contributed by atoms with van der Waals surface area (Å²) in [5, 5.41) is 0. The topological polar surface area (TPSA) is 27.7 Å². The number of rotatable bonds is 14. The molecule has 0 bridgehead atoms. The van der Waals surface area contributed by atoms with Crippen LogP contribution >= 0.6 is 6.72 Å². The summed E-state index contributed by atoms with van der Waals surface area (Å²) in [5.41, 5.74) is 0. The van der Waals surface area contributed by atoms with Gasteiger partial charge in [0.2, 0.25) is 0 Å². The van der Waals surface area contributed by atoms with Gasteiger partial charge in [0.15, 0.2) is 0 Å². The highest BCUT2D eigenvalue weighted by Gasteiger charge is 2.27. The summed E-state index contributed by atoms with van der Waals surface area (Å²) >= 11 is 0. The van der Waals surface area contributed by atoms with E-state index in [9.17, 15) is 0 Å². The monoisotopic (exact) mass is 470 g/mol. The summed E-state index contributed by atoms with van der Waals surface area (Å²) in [6.07, 6.45) is 8.97. The third-order valence-electron chi connectivity index (χ3n) is 4.93. The lowest BCUT2D eigenvalue weighted by Crippen LogP contribution is -2.10. The van der Waals surface area contributed by atoms with Crippen molar-refractivity contribution >= 4 is 17.7 Å². The van der Waals surface area contributed by atoms with Crippen LogP contribution in [0.3, 0.4) is 0 Å². The fraction of sp³-hybridized carbons (Fsp3) is 0.333. The molecule has 172 valence electrons. The Labute approximate surface area is 197 Å². The summed E-state index contributed by atoms with van der Waals surface area (Å²) in [6, 6.07) is 29.6. The molecule has 0 unspecified atom stereocenters. The summed E-state index contributed by atoms with van der Waals surface area (Å²) < 4.78 is 19.6. The number of thiol groups is 1. The number of hydrogen-bond donors (Lipinski definition) is 1. The third kappa shape index (κ3) is 8.76. The van der Waals surface area contributed by atoms with E-state index in [1.807, 2.05) is 91.0 Å². The Morgan fingerprint density at radius 3 is 1.31 bits per heavy atom. The van der Waals surface area contributed by atoms with Gasteiger partial charge in [-0.3, -0.25) is 0 Å². The van der Waals surface area contributed by atoms with Crippen LogP contribution in [0, 0.1) is 0 Å². The molecule has 0 spiro atoms. The first kappa shape index (κ1) is 24.5. The van der Waals surface area contributed by atoms with Crippen LogP contribution in [0.25, 0.3) is 0 Å². The van der Waals surface area contributed by atoms with Gasteiger partial charge in [0, 0.05) is 0 Å². The number of para-hydroxylation sites is 3. The van der Waals surface area contributed by atoms with Crippen molar-refractivity contribution in [3.05, 3.63) is 91.0 Å². The smallest absolute Gasteiger partial charge is 0.411 e. The first-order chi connectivity index (χ1) is 15.8. The third-order valence-corrected chi connectivity index (χ3v) is 9.49. The normalized spacial score (nSPS) is 11.2. The highest BCUT2D eigenvalue weighted by Crippen LogP contribution is 2.51. The summed E-state index contributed by atoms with van der Waals surface area (Å²) in [7, 11) is 1.05. The first-order valence-corrected chi connectivity index (χ1v) is 14.9. The summed E-state index contributed by atoms with van der Waals surface area (Å²) in [6.45, 7) is -0.498. The van der Waals surface area contributed by atoms with Crippen molar-refractivity contribution in [1.82, 2.24) is 0 Å². The zero-order valence-electron chi connectivity index (χ0n) is 18.9. The zero-order valence-corrected chi connectivity index (χ0v) is 20.7. The van der Waals surface area contributed by atoms with Gasteiger partial charge in [-0.15, -0.1) is 0 Å². The predicted octanol–water partition coefficient (Wildman–Crippen LogP) is 8.47. The van der Waals surface area contributed by atoms with Crippen molar-refractivity contribution in [3.8, 4) is 17.2 Å². The van der Waals surface area contributed by atoms with E-state index in [0.29, 0.717) is 0 Å². The molecule has 0 saturated heterocycles. The highest BCUT2D eigenvalue weighted by atomic mass is 32.5.